The number of halogens is 1. The summed E-state index contributed by atoms with van der Waals surface area (Å²) in [5, 5.41) is 3.22. The predicted octanol–water partition coefficient (Wildman–Crippen LogP) is 4.23. The molecule has 1 saturated heterocycles. The van der Waals surface area contributed by atoms with Crippen molar-refractivity contribution in [2.75, 3.05) is 13.1 Å². The van der Waals surface area contributed by atoms with Crippen LogP contribution in [-0.2, 0) is 6.54 Å². The van der Waals surface area contributed by atoms with Crippen LogP contribution in [0.5, 0.6) is 0 Å². The third-order valence-electron chi connectivity index (χ3n) is 4.78. The number of nitrogens with zero attached hydrogens (tertiary/aromatic N) is 2. The molecule has 1 aliphatic rings. The highest BCUT2D eigenvalue weighted by Crippen LogP contribution is 2.20. The number of carbonyl (C=O) groups is 1. The van der Waals surface area contributed by atoms with Crippen LogP contribution in [0.1, 0.15) is 48.8 Å². The molecule has 2 aromatic rings. The molecule has 2 heterocycles. The summed E-state index contributed by atoms with van der Waals surface area (Å²) in [6, 6.07) is 13.0. The van der Waals surface area contributed by atoms with E-state index in [9.17, 15) is 4.79 Å². The average molecular weight is 404 g/mol. The molecule has 5 heteroatoms. The molecule has 1 N–H and O–H groups in total. The van der Waals surface area contributed by atoms with Gasteiger partial charge in [-0.25, -0.2) is 0 Å². The Kier molecular flexibility index (Phi) is 5.97. The second kappa shape index (κ2) is 8.19. The van der Waals surface area contributed by atoms with E-state index in [0.717, 1.165) is 42.6 Å². The molecule has 1 aromatic heterocycles. The van der Waals surface area contributed by atoms with E-state index in [4.69, 9.17) is 0 Å². The minimum Gasteiger partial charge on any atom is -0.348 e. The van der Waals surface area contributed by atoms with Crippen LogP contribution in [0.25, 0.3) is 0 Å². The van der Waals surface area contributed by atoms with Gasteiger partial charge < -0.3 is 9.88 Å². The lowest BCUT2D eigenvalue weighted by Crippen LogP contribution is -2.44. The zero-order valence-corrected chi connectivity index (χ0v) is 16.5. The maximum Gasteiger partial charge on any atom is 0.268 e. The number of likely N-dealkylation sites (tertiary alicyclic amines) is 1. The van der Waals surface area contributed by atoms with Crippen LogP contribution in [0.15, 0.2) is 47.1 Å². The van der Waals surface area contributed by atoms with Gasteiger partial charge in [0.25, 0.3) is 5.91 Å². The van der Waals surface area contributed by atoms with Gasteiger partial charge in [0, 0.05) is 42.4 Å². The highest BCUT2D eigenvalue weighted by Gasteiger charge is 2.23. The number of nitrogens with one attached hydrogen (secondary N) is 1. The molecule has 0 aliphatic carbocycles. The van der Waals surface area contributed by atoms with Crippen LogP contribution in [0.2, 0.25) is 0 Å². The Bertz CT molecular complexity index is 703. The second-order valence-electron chi connectivity index (χ2n) is 7.05. The van der Waals surface area contributed by atoms with Crippen LogP contribution >= 0.6 is 15.9 Å². The van der Waals surface area contributed by atoms with Crippen molar-refractivity contribution in [1.29, 1.82) is 0 Å². The van der Waals surface area contributed by atoms with E-state index in [1.807, 2.05) is 16.8 Å². The van der Waals surface area contributed by atoms with E-state index < -0.39 is 0 Å². The molecule has 0 bridgehead atoms. The number of piperidine rings is 1. The molecule has 3 rings (SSSR count). The molecule has 0 unspecified atom stereocenters. The Hall–Kier alpha value is -1.59. The lowest BCUT2D eigenvalue weighted by Gasteiger charge is -2.32. The topological polar surface area (TPSA) is 37.3 Å². The maximum absolute atomic E-state index is 12.7. The highest BCUT2D eigenvalue weighted by atomic mass is 79.9. The highest BCUT2D eigenvalue weighted by molar-refractivity contribution is 9.10. The van der Waals surface area contributed by atoms with Gasteiger partial charge in [0.05, 0.1) is 0 Å². The van der Waals surface area contributed by atoms with Crippen molar-refractivity contribution in [3.8, 4) is 0 Å². The minimum absolute atomic E-state index is 0.0286. The first-order valence-electron chi connectivity index (χ1n) is 8.97. The molecule has 0 spiro atoms. The fourth-order valence-corrected chi connectivity index (χ4v) is 3.83. The number of benzene rings is 1. The SMILES string of the molecule is CC(C)n1cc(Br)cc1C(=O)NC1CCN(Cc2ccccc2)CC1. The zero-order chi connectivity index (χ0) is 17.8. The van der Waals surface area contributed by atoms with Crippen molar-refractivity contribution in [3.05, 3.63) is 58.3 Å². The van der Waals surface area contributed by atoms with Crippen molar-refractivity contribution in [2.24, 2.45) is 0 Å². The largest absolute Gasteiger partial charge is 0.348 e. The first-order valence-corrected chi connectivity index (χ1v) is 9.76. The maximum atomic E-state index is 12.7. The van der Waals surface area contributed by atoms with Crippen LogP contribution < -0.4 is 5.32 Å². The Morgan fingerprint density at radius 1 is 1.24 bits per heavy atom. The van der Waals surface area contributed by atoms with Crippen molar-refractivity contribution in [1.82, 2.24) is 14.8 Å². The Morgan fingerprint density at radius 2 is 1.92 bits per heavy atom. The summed E-state index contributed by atoms with van der Waals surface area (Å²) in [4.78, 5) is 15.1. The second-order valence-corrected chi connectivity index (χ2v) is 7.97. The monoisotopic (exact) mass is 403 g/mol. The number of hydrogen-bond acceptors (Lipinski definition) is 2. The van der Waals surface area contributed by atoms with Crippen LogP contribution in [0.3, 0.4) is 0 Å². The van der Waals surface area contributed by atoms with E-state index in [-0.39, 0.29) is 18.0 Å². The summed E-state index contributed by atoms with van der Waals surface area (Å²) in [5.74, 6) is 0.0286. The van der Waals surface area contributed by atoms with Crippen LogP contribution in [-0.4, -0.2) is 34.5 Å². The van der Waals surface area contributed by atoms with Gasteiger partial charge in [0.1, 0.15) is 5.69 Å². The van der Waals surface area contributed by atoms with Gasteiger partial charge in [0.15, 0.2) is 0 Å². The fourth-order valence-electron chi connectivity index (χ4n) is 3.39. The summed E-state index contributed by atoms with van der Waals surface area (Å²) in [6.07, 6.45) is 3.98. The summed E-state index contributed by atoms with van der Waals surface area (Å²) in [5.41, 5.74) is 2.08. The van der Waals surface area contributed by atoms with Gasteiger partial charge in [-0.3, -0.25) is 9.69 Å². The first-order chi connectivity index (χ1) is 12.0. The van der Waals surface area contributed by atoms with Crippen molar-refractivity contribution >= 4 is 21.8 Å². The standard InChI is InChI=1S/C20H26BrN3O/c1-15(2)24-14-17(21)12-19(24)20(25)22-18-8-10-23(11-9-18)13-16-6-4-3-5-7-16/h3-7,12,14-15,18H,8-11,13H2,1-2H3,(H,22,25). The molecule has 0 saturated carbocycles. The Labute approximate surface area is 158 Å². The molecule has 0 atom stereocenters. The summed E-state index contributed by atoms with van der Waals surface area (Å²) >= 11 is 3.48. The average Bonchev–Trinajstić information content (AvgIpc) is 3.00. The van der Waals surface area contributed by atoms with Crippen molar-refractivity contribution in [2.45, 2.75) is 45.3 Å². The fraction of sp³-hybridized carbons (Fsp3) is 0.450. The first kappa shape index (κ1) is 18.2. The summed E-state index contributed by atoms with van der Waals surface area (Å²) in [6.45, 7) is 7.21. The normalized spacial score (nSPS) is 16.3. The van der Waals surface area contributed by atoms with Gasteiger partial charge in [-0.15, -0.1) is 0 Å². The number of aromatic nitrogens is 1. The van der Waals surface area contributed by atoms with Crippen molar-refractivity contribution in [3.63, 3.8) is 0 Å². The molecular formula is C20H26BrN3O. The van der Waals surface area contributed by atoms with Gasteiger partial charge in [-0.2, -0.15) is 0 Å². The van der Waals surface area contributed by atoms with Gasteiger partial charge >= 0.3 is 0 Å². The predicted molar refractivity (Wildman–Crippen MR) is 105 cm³/mol. The van der Waals surface area contributed by atoms with E-state index >= 15 is 0 Å². The number of carbonyl (C=O) groups excluding carboxylic acids is 1. The molecule has 25 heavy (non-hydrogen) atoms. The van der Waals surface area contributed by atoms with Crippen molar-refractivity contribution < 1.29 is 4.79 Å². The zero-order valence-electron chi connectivity index (χ0n) is 14.9. The van der Waals surface area contributed by atoms with Gasteiger partial charge in [-0.05, 0) is 54.2 Å². The molecule has 1 aromatic carbocycles. The Balaban J connectivity index is 1.53. The molecule has 1 aliphatic heterocycles. The third kappa shape index (κ3) is 4.73. The Morgan fingerprint density at radius 3 is 2.56 bits per heavy atom. The third-order valence-corrected chi connectivity index (χ3v) is 5.21. The van der Waals surface area contributed by atoms with E-state index in [2.05, 4.69) is 70.3 Å². The lowest BCUT2D eigenvalue weighted by molar-refractivity contribution is 0.0898. The molecular weight excluding hydrogens is 378 g/mol. The number of rotatable bonds is 5. The summed E-state index contributed by atoms with van der Waals surface area (Å²) < 4.78 is 2.97. The number of amides is 1. The summed E-state index contributed by atoms with van der Waals surface area (Å²) in [7, 11) is 0. The number of hydrogen-bond donors (Lipinski definition) is 1. The molecule has 1 amide bonds. The van der Waals surface area contributed by atoms with Crippen LogP contribution in [0.4, 0.5) is 0 Å². The van der Waals surface area contributed by atoms with Gasteiger partial charge in [0.2, 0.25) is 0 Å². The van der Waals surface area contributed by atoms with E-state index in [0.29, 0.717) is 0 Å². The lowest BCUT2D eigenvalue weighted by atomic mass is 10.0. The van der Waals surface area contributed by atoms with Gasteiger partial charge in [-0.1, -0.05) is 30.3 Å². The molecule has 134 valence electrons. The minimum atomic E-state index is 0.0286. The smallest absolute Gasteiger partial charge is 0.268 e. The molecule has 1 fully saturated rings. The van der Waals surface area contributed by atoms with E-state index in [1.54, 1.807) is 0 Å². The molecule has 4 nitrogen and oxygen atoms in total. The van der Waals surface area contributed by atoms with Crippen LogP contribution in [0, 0.1) is 0 Å². The quantitative estimate of drug-likeness (QED) is 0.810. The molecule has 0 radical (unpaired) electrons. The van der Waals surface area contributed by atoms with E-state index in [1.165, 1.54) is 5.56 Å².